The molecule has 0 unspecified atom stereocenters. The topological polar surface area (TPSA) is 15.7 Å². The SMILES string of the molecule is COc1ccc(N(C)[C@@]23C[C@@H]2CN(Cc2ccccc2)[C@H]3Cc2ccccc2)cc1. The van der Waals surface area contributed by atoms with Gasteiger partial charge in [0.15, 0.2) is 0 Å². The molecule has 0 spiro atoms. The van der Waals surface area contributed by atoms with Crippen molar-refractivity contribution in [1.29, 1.82) is 0 Å². The molecule has 0 N–H and O–H groups in total. The number of likely N-dealkylation sites (N-methyl/N-ethyl adjacent to an activating group) is 1. The number of anilines is 1. The molecule has 30 heavy (non-hydrogen) atoms. The summed E-state index contributed by atoms with van der Waals surface area (Å²) in [6, 6.07) is 30.9. The van der Waals surface area contributed by atoms with E-state index in [0.717, 1.165) is 24.6 Å². The van der Waals surface area contributed by atoms with Gasteiger partial charge >= 0.3 is 0 Å². The summed E-state index contributed by atoms with van der Waals surface area (Å²) in [6.45, 7) is 2.19. The number of hydrogen-bond acceptors (Lipinski definition) is 3. The monoisotopic (exact) mass is 398 g/mol. The molecular weight excluding hydrogens is 368 g/mol. The predicted molar refractivity (Wildman–Crippen MR) is 123 cm³/mol. The van der Waals surface area contributed by atoms with Crippen molar-refractivity contribution in [3.05, 3.63) is 96.1 Å². The summed E-state index contributed by atoms with van der Waals surface area (Å²) in [5, 5.41) is 0. The van der Waals surface area contributed by atoms with Gasteiger partial charge in [0.1, 0.15) is 5.75 Å². The highest BCUT2D eigenvalue weighted by atomic mass is 16.5. The molecule has 1 heterocycles. The van der Waals surface area contributed by atoms with Crippen LogP contribution in [0.1, 0.15) is 17.5 Å². The zero-order valence-corrected chi connectivity index (χ0v) is 17.9. The van der Waals surface area contributed by atoms with Crippen LogP contribution < -0.4 is 9.64 Å². The number of methoxy groups -OCH3 is 1. The number of rotatable bonds is 7. The Hall–Kier alpha value is -2.78. The van der Waals surface area contributed by atoms with Crippen LogP contribution >= 0.6 is 0 Å². The summed E-state index contributed by atoms with van der Waals surface area (Å²) in [5.74, 6) is 1.64. The molecular formula is C27H30N2O. The maximum Gasteiger partial charge on any atom is 0.119 e. The third kappa shape index (κ3) is 3.37. The molecule has 1 saturated heterocycles. The molecule has 0 bridgehead atoms. The highest BCUT2D eigenvalue weighted by Crippen LogP contribution is 2.59. The van der Waals surface area contributed by atoms with Gasteiger partial charge < -0.3 is 9.64 Å². The molecule has 2 fully saturated rings. The minimum absolute atomic E-state index is 0.208. The lowest BCUT2D eigenvalue weighted by Gasteiger charge is -2.39. The molecule has 0 amide bonds. The minimum atomic E-state index is 0.208. The van der Waals surface area contributed by atoms with E-state index < -0.39 is 0 Å². The fourth-order valence-electron chi connectivity index (χ4n) is 5.51. The standard InChI is InChI=1S/C27H30N2O/c1-28(24-13-15-25(30-2)16-14-24)27-18-23(27)20-29(19-22-11-7-4-8-12-22)26(27)17-21-9-5-3-6-10-21/h3-16,23,26H,17-20H2,1-2H3/t23-,26+,27+/m1/s1. The lowest BCUT2D eigenvalue weighted by atomic mass is 9.95. The van der Waals surface area contributed by atoms with Crippen LogP contribution in [0.25, 0.3) is 0 Å². The molecule has 2 aliphatic rings. The number of fused-ring (bicyclic) bond motifs is 1. The summed E-state index contributed by atoms with van der Waals surface area (Å²) in [7, 11) is 4.01. The highest BCUT2D eigenvalue weighted by molar-refractivity contribution is 5.55. The molecule has 0 aromatic heterocycles. The van der Waals surface area contributed by atoms with Crippen LogP contribution in [0.3, 0.4) is 0 Å². The summed E-state index contributed by atoms with van der Waals surface area (Å²) >= 11 is 0. The number of piperidine rings is 1. The molecule has 1 aliphatic carbocycles. The first-order valence-electron chi connectivity index (χ1n) is 10.9. The average Bonchev–Trinajstić information content (AvgIpc) is 3.45. The van der Waals surface area contributed by atoms with Gasteiger partial charge in [-0.15, -0.1) is 0 Å². The number of nitrogens with zero attached hydrogens (tertiary/aromatic N) is 2. The lowest BCUT2D eigenvalue weighted by Crippen LogP contribution is -2.50. The van der Waals surface area contributed by atoms with Crippen LogP contribution in [0, 0.1) is 5.92 Å². The first kappa shape index (κ1) is 19.2. The van der Waals surface area contributed by atoms with Gasteiger partial charge in [0.2, 0.25) is 0 Å². The van der Waals surface area contributed by atoms with Crippen LogP contribution in [-0.4, -0.2) is 37.2 Å². The Morgan fingerprint density at radius 3 is 2.17 bits per heavy atom. The van der Waals surface area contributed by atoms with Crippen molar-refractivity contribution in [2.75, 3.05) is 25.6 Å². The number of benzene rings is 3. The van der Waals surface area contributed by atoms with Gasteiger partial charge in [0.25, 0.3) is 0 Å². The van der Waals surface area contributed by atoms with Crippen LogP contribution in [0.15, 0.2) is 84.9 Å². The van der Waals surface area contributed by atoms with E-state index in [2.05, 4.69) is 102 Å². The maximum absolute atomic E-state index is 5.37. The summed E-state index contributed by atoms with van der Waals surface area (Å²) in [6.07, 6.45) is 2.36. The van der Waals surface area contributed by atoms with E-state index in [1.807, 2.05) is 0 Å². The quantitative estimate of drug-likeness (QED) is 0.556. The van der Waals surface area contributed by atoms with Crippen LogP contribution in [0.2, 0.25) is 0 Å². The van der Waals surface area contributed by atoms with E-state index in [9.17, 15) is 0 Å². The van der Waals surface area contributed by atoms with Crippen molar-refractivity contribution >= 4 is 5.69 Å². The normalized spacial score (nSPS) is 25.0. The van der Waals surface area contributed by atoms with Crippen molar-refractivity contribution in [1.82, 2.24) is 4.90 Å². The number of likely N-dealkylation sites (tertiary alicyclic amines) is 1. The third-order valence-corrected chi connectivity index (χ3v) is 7.18. The fraction of sp³-hybridized carbons (Fsp3) is 0.333. The summed E-state index contributed by atoms with van der Waals surface area (Å²) < 4.78 is 5.37. The average molecular weight is 399 g/mol. The molecule has 1 aliphatic heterocycles. The van der Waals surface area contributed by atoms with Gasteiger partial charge in [-0.3, -0.25) is 4.90 Å². The molecule has 0 radical (unpaired) electrons. The molecule has 154 valence electrons. The minimum Gasteiger partial charge on any atom is -0.497 e. The van der Waals surface area contributed by atoms with Gasteiger partial charge in [-0.05, 0) is 54.2 Å². The Labute approximate surface area is 179 Å². The van der Waals surface area contributed by atoms with E-state index in [0.29, 0.717) is 6.04 Å². The molecule has 3 heteroatoms. The lowest BCUT2D eigenvalue weighted by molar-refractivity contribution is 0.198. The van der Waals surface area contributed by atoms with Crippen molar-refractivity contribution in [2.45, 2.75) is 31.0 Å². The molecule has 1 saturated carbocycles. The first-order valence-corrected chi connectivity index (χ1v) is 10.9. The zero-order chi connectivity index (χ0) is 20.6. The van der Waals surface area contributed by atoms with Crippen molar-refractivity contribution < 1.29 is 4.74 Å². The van der Waals surface area contributed by atoms with E-state index in [4.69, 9.17) is 4.74 Å². The highest BCUT2D eigenvalue weighted by Gasteiger charge is 2.67. The Balaban J connectivity index is 1.45. The van der Waals surface area contributed by atoms with Crippen LogP contribution in [0.5, 0.6) is 5.75 Å². The van der Waals surface area contributed by atoms with E-state index in [1.165, 1.54) is 29.8 Å². The Morgan fingerprint density at radius 1 is 0.900 bits per heavy atom. The van der Waals surface area contributed by atoms with E-state index >= 15 is 0 Å². The largest absolute Gasteiger partial charge is 0.497 e. The second kappa shape index (κ2) is 7.81. The van der Waals surface area contributed by atoms with Gasteiger partial charge in [-0.1, -0.05) is 60.7 Å². The van der Waals surface area contributed by atoms with Crippen molar-refractivity contribution in [2.24, 2.45) is 5.92 Å². The van der Waals surface area contributed by atoms with Crippen LogP contribution in [-0.2, 0) is 13.0 Å². The second-order valence-corrected chi connectivity index (χ2v) is 8.77. The van der Waals surface area contributed by atoms with Gasteiger partial charge in [0, 0.05) is 31.9 Å². The molecule has 3 aromatic rings. The third-order valence-electron chi connectivity index (χ3n) is 7.18. The van der Waals surface area contributed by atoms with E-state index in [-0.39, 0.29) is 5.54 Å². The smallest absolute Gasteiger partial charge is 0.119 e. The molecule has 3 aromatic carbocycles. The van der Waals surface area contributed by atoms with Gasteiger partial charge in [-0.2, -0.15) is 0 Å². The van der Waals surface area contributed by atoms with Gasteiger partial charge in [0.05, 0.1) is 12.6 Å². The number of hydrogen-bond donors (Lipinski definition) is 0. The van der Waals surface area contributed by atoms with Crippen molar-refractivity contribution in [3.8, 4) is 5.75 Å². The summed E-state index contributed by atoms with van der Waals surface area (Å²) in [4.78, 5) is 5.27. The molecule has 3 atom stereocenters. The molecule has 3 nitrogen and oxygen atoms in total. The van der Waals surface area contributed by atoms with E-state index in [1.54, 1.807) is 7.11 Å². The second-order valence-electron chi connectivity index (χ2n) is 8.77. The first-order chi connectivity index (χ1) is 14.7. The maximum atomic E-state index is 5.37. The van der Waals surface area contributed by atoms with Crippen molar-refractivity contribution in [3.63, 3.8) is 0 Å². The number of ether oxygens (including phenoxy) is 1. The van der Waals surface area contributed by atoms with Gasteiger partial charge in [-0.25, -0.2) is 0 Å². The Kier molecular flexibility index (Phi) is 5.00. The fourth-order valence-corrected chi connectivity index (χ4v) is 5.51. The Bertz CT molecular complexity index is 973. The Morgan fingerprint density at radius 2 is 1.53 bits per heavy atom. The summed E-state index contributed by atoms with van der Waals surface area (Å²) in [5.41, 5.74) is 4.31. The molecule has 5 rings (SSSR count). The zero-order valence-electron chi connectivity index (χ0n) is 17.9. The predicted octanol–water partition coefficient (Wildman–Crippen LogP) is 5.02. The van der Waals surface area contributed by atoms with Crippen LogP contribution in [0.4, 0.5) is 5.69 Å².